The van der Waals surface area contributed by atoms with Crippen LogP contribution in [0.2, 0.25) is 0 Å². The molecule has 0 aliphatic carbocycles. The third kappa shape index (κ3) is 2.91. The summed E-state index contributed by atoms with van der Waals surface area (Å²) < 4.78 is 0. The molecule has 0 bridgehead atoms. The normalized spacial score (nSPS) is 17.5. The molecule has 76 valence electrons. The monoisotopic (exact) mass is 350 g/mol. The van der Waals surface area contributed by atoms with E-state index in [0.717, 1.165) is 30.4 Å². The summed E-state index contributed by atoms with van der Waals surface area (Å²) in [6.07, 6.45) is 0. The van der Waals surface area contributed by atoms with E-state index in [4.69, 9.17) is 23.2 Å². The van der Waals surface area contributed by atoms with Crippen LogP contribution in [-0.2, 0) is 0 Å². The van der Waals surface area contributed by atoms with E-state index in [9.17, 15) is 0 Å². The van der Waals surface area contributed by atoms with Crippen LogP contribution < -0.4 is 0 Å². The van der Waals surface area contributed by atoms with E-state index in [-0.39, 0.29) is 0 Å². The van der Waals surface area contributed by atoms with Crippen LogP contribution in [0.25, 0.3) is 0 Å². The Morgan fingerprint density at radius 3 is 1.69 bits per heavy atom. The molecule has 0 saturated carbocycles. The van der Waals surface area contributed by atoms with Gasteiger partial charge in [-0.1, -0.05) is 55.1 Å². The minimum Gasteiger partial charge on any atom is -0.341 e. The van der Waals surface area contributed by atoms with Gasteiger partial charge in [0.2, 0.25) is 0 Å². The van der Waals surface area contributed by atoms with Gasteiger partial charge < -0.3 is 9.80 Å². The Hall–Kier alpha value is 0.880. The van der Waals surface area contributed by atoms with Gasteiger partial charge in [0.25, 0.3) is 0 Å². The molecule has 2 nitrogen and oxygen atoms in total. The quantitative estimate of drug-likeness (QED) is 0.567. The summed E-state index contributed by atoms with van der Waals surface area (Å²) >= 11 is 18.8. The molecule has 0 unspecified atom stereocenters. The van der Waals surface area contributed by atoms with Crippen LogP contribution in [0.15, 0.2) is 10.3 Å². The predicted molar refractivity (Wildman–Crippen MR) is 64.6 cm³/mol. The summed E-state index contributed by atoms with van der Waals surface area (Å²) in [5.74, 6) is 0. The number of nitrogens with zero attached hydrogens (tertiary/aromatic N) is 2. The van der Waals surface area contributed by atoms with Crippen molar-refractivity contribution in [2.75, 3.05) is 30.4 Å². The summed E-state index contributed by atoms with van der Waals surface area (Å²) in [5, 5.41) is 3.11. The zero-order chi connectivity index (χ0) is 9.84. The highest BCUT2D eigenvalue weighted by atomic mass is 79.9. The summed E-state index contributed by atoms with van der Waals surface area (Å²) in [7, 11) is 0. The predicted octanol–water partition coefficient (Wildman–Crippen LogP) is 2.96. The van der Waals surface area contributed by atoms with E-state index in [1.165, 1.54) is 0 Å². The van der Waals surface area contributed by atoms with Crippen molar-refractivity contribution in [2.45, 2.75) is 0 Å². The SMILES string of the molecule is ClC1=C(Cl)N(CCBr)CN1CCBr. The van der Waals surface area contributed by atoms with Gasteiger partial charge in [-0.2, -0.15) is 0 Å². The van der Waals surface area contributed by atoms with Crippen LogP contribution in [0.3, 0.4) is 0 Å². The van der Waals surface area contributed by atoms with Crippen molar-refractivity contribution in [2.24, 2.45) is 0 Å². The summed E-state index contributed by atoms with van der Waals surface area (Å²) in [6.45, 7) is 2.55. The maximum atomic E-state index is 6.03. The number of hydrogen-bond acceptors (Lipinski definition) is 2. The Balaban J connectivity index is 2.58. The standard InChI is InChI=1S/C7H10Br2Cl2N2/c8-1-3-12-5-13(4-2-9)7(11)6(12)10/h1-5H2. The van der Waals surface area contributed by atoms with Crippen molar-refractivity contribution < 1.29 is 0 Å². The Kier molecular flexibility index (Phi) is 5.23. The molecule has 0 spiro atoms. The van der Waals surface area contributed by atoms with E-state index >= 15 is 0 Å². The molecule has 6 heteroatoms. The molecule has 0 atom stereocenters. The van der Waals surface area contributed by atoms with Crippen LogP contribution in [0.1, 0.15) is 0 Å². The minimum atomic E-state index is 0.655. The van der Waals surface area contributed by atoms with Crippen molar-refractivity contribution in [3.05, 3.63) is 10.3 Å². The third-order valence-electron chi connectivity index (χ3n) is 1.78. The van der Waals surface area contributed by atoms with Gasteiger partial charge in [0.1, 0.15) is 10.3 Å². The van der Waals surface area contributed by atoms with E-state index in [0.29, 0.717) is 10.3 Å². The molecular weight excluding hydrogens is 343 g/mol. The molecule has 13 heavy (non-hydrogen) atoms. The van der Waals surface area contributed by atoms with Gasteiger partial charge >= 0.3 is 0 Å². The van der Waals surface area contributed by atoms with Crippen LogP contribution in [-0.4, -0.2) is 40.2 Å². The fourth-order valence-electron chi connectivity index (χ4n) is 1.13. The zero-order valence-electron chi connectivity index (χ0n) is 6.94. The molecule has 0 aromatic rings. The molecule has 1 rings (SSSR count). The van der Waals surface area contributed by atoms with Gasteiger partial charge in [-0.15, -0.1) is 0 Å². The molecule has 1 aliphatic heterocycles. The first kappa shape index (κ1) is 12.0. The van der Waals surface area contributed by atoms with Crippen molar-refractivity contribution in [1.82, 2.24) is 9.80 Å². The second-order valence-electron chi connectivity index (χ2n) is 2.63. The lowest BCUT2D eigenvalue weighted by molar-refractivity contribution is 0.279. The maximum absolute atomic E-state index is 6.03. The van der Waals surface area contributed by atoms with Crippen LogP contribution in [0.4, 0.5) is 0 Å². The zero-order valence-corrected chi connectivity index (χ0v) is 11.6. The van der Waals surface area contributed by atoms with Crippen molar-refractivity contribution in [3.63, 3.8) is 0 Å². The lowest BCUT2D eigenvalue weighted by atomic mass is 10.6. The first-order chi connectivity index (χ1) is 6.20. The molecule has 1 aliphatic rings. The summed E-state index contributed by atoms with van der Waals surface area (Å²) in [5.41, 5.74) is 0. The Labute approximate surface area is 105 Å². The summed E-state index contributed by atoms with van der Waals surface area (Å²) in [6, 6.07) is 0. The van der Waals surface area contributed by atoms with Crippen LogP contribution >= 0.6 is 55.1 Å². The van der Waals surface area contributed by atoms with Gasteiger partial charge in [-0.05, 0) is 0 Å². The largest absolute Gasteiger partial charge is 0.341 e. The fraction of sp³-hybridized carbons (Fsp3) is 0.714. The maximum Gasteiger partial charge on any atom is 0.142 e. The van der Waals surface area contributed by atoms with Gasteiger partial charge in [0.05, 0.1) is 6.67 Å². The Morgan fingerprint density at radius 2 is 1.38 bits per heavy atom. The van der Waals surface area contributed by atoms with Gasteiger partial charge in [-0.3, -0.25) is 0 Å². The number of hydrogen-bond donors (Lipinski definition) is 0. The average molecular weight is 353 g/mol. The second kappa shape index (κ2) is 5.69. The Morgan fingerprint density at radius 1 is 1.00 bits per heavy atom. The highest BCUT2D eigenvalue weighted by Gasteiger charge is 2.25. The topological polar surface area (TPSA) is 6.48 Å². The van der Waals surface area contributed by atoms with Crippen LogP contribution in [0.5, 0.6) is 0 Å². The molecule has 0 radical (unpaired) electrons. The van der Waals surface area contributed by atoms with Crippen molar-refractivity contribution in [3.8, 4) is 0 Å². The fourth-order valence-corrected chi connectivity index (χ4v) is 2.50. The van der Waals surface area contributed by atoms with E-state index in [1.807, 2.05) is 9.80 Å². The average Bonchev–Trinajstić information content (AvgIpc) is 2.36. The van der Waals surface area contributed by atoms with Crippen molar-refractivity contribution >= 4 is 55.1 Å². The smallest absolute Gasteiger partial charge is 0.142 e. The van der Waals surface area contributed by atoms with Crippen molar-refractivity contribution in [1.29, 1.82) is 0 Å². The number of alkyl halides is 2. The molecule has 0 aromatic carbocycles. The van der Waals surface area contributed by atoms with E-state index in [2.05, 4.69) is 31.9 Å². The van der Waals surface area contributed by atoms with Gasteiger partial charge in [0.15, 0.2) is 0 Å². The van der Waals surface area contributed by atoms with Gasteiger partial charge in [-0.25, -0.2) is 0 Å². The first-order valence-corrected chi connectivity index (χ1v) is 6.87. The minimum absolute atomic E-state index is 0.655. The van der Waals surface area contributed by atoms with E-state index in [1.54, 1.807) is 0 Å². The van der Waals surface area contributed by atoms with Gasteiger partial charge in [0, 0.05) is 23.7 Å². The van der Waals surface area contributed by atoms with Crippen LogP contribution in [0, 0.1) is 0 Å². The third-order valence-corrected chi connectivity index (χ3v) is 3.42. The summed E-state index contributed by atoms with van der Waals surface area (Å²) in [4.78, 5) is 4.09. The first-order valence-electron chi connectivity index (χ1n) is 3.87. The molecular formula is C7H10Br2Cl2N2. The molecule has 0 aromatic heterocycles. The molecule has 0 saturated heterocycles. The van der Waals surface area contributed by atoms with E-state index < -0.39 is 0 Å². The molecule has 0 amide bonds. The lowest BCUT2D eigenvalue weighted by Gasteiger charge is -2.20. The highest BCUT2D eigenvalue weighted by Crippen LogP contribution is 2.29. The highest BCUT2D eigenvalue weighted by molar-refractivity contribution is 9.09. The number of halogens is 4. The molecule has 0 N–H and O–H groups in total. The second-order valence-corrected chi connectivity index (χ2v) is 4.93. The lowest BCUT2D eigenvalue weighted by Crippen LogP contribution is -2.29. The Bertz CT molecular complexity index is 191. The molecule has 1 heterocycles. The molecule has 0 fully saturated rings. The number of rotatable bonds is 4.